The molecule has 0 saturated heterocycles. The summed E-state index contributed by atoms with van der Waals surface area (Å²) in [6.07, 6.45) is 0.550. The first-order valence-electron chi connectivity index (χ1n) is 5.15. The zero-order chi connectivity index (χ0) is 11.4. The monoisotopic (exact) mass is 219 g/mol. The lowest BCUT2D eigenvalue weighted by Crippen LogP contribution is -2.25. The largest absolute Gasteiger partial charge is 0.396 e. The van der Waals surface area contributed by atoms with Gasteiger partial charge in [0.25, 0.3) is 5.91 Å². The van der Waals surface area contributed by atoms with E-state index < -0.39 is 0 Å². The van der Waals surface area contributed by atoms with Gasteiger partial charge in [0.1, 0.15) is 0 Å². The van der Waals surface area contributed by atoms with Crippen molar-refractivity contribution in [3.63, 3.8) is 0 Å². The number of benzene rings is 1. The van der Waals surface area contributed by atoms with Crippen LogP contribution in [0.1, 0.15) is 16.9 Å². The number of H-pyrrole nitrogens is 1. The second kappa shape index (κ2) is 4.76. The summed E-state index contributed by atoms with van der Waals surface area (Å²) in [5, 5.41) is 18.9. The molecule has 0 spiro atoms. The zero-order valence-corrected chi connectivity index (χ0v) is 8.73. The summed E-state index contributed by atoms with van der Waals surface area (Å²) in [6, 6.07) is 7.46. The van der Waals surface area contributed by atoms with Crippen molar-refractivity contribution in [2.45, 2.75) is 6.42 Å². The molecule has 0 unspecified atom stereocenters. The minimum Gasteiger partial charge on any atom is -0.396 e. The highest BCUT2D eigenvalue weighted by molar-refractivity contribution is 6.04. The SMILES string of the molecule is O=C(NCCCO)c1n[nH]c2ccccc12. The van der Waals surface area contributed by atoms with Crippen molar-refractivity contribution in [2.24, 2.45) is 0 Å². The lowest BCUT2D eigenvalue weighted by atomic mass is 10.2. The number of nitrogens with one attached hydrogen (secondary N) is 2. The van der Waals surface area contributed by atoms with Crippen molar-refractivity contribution in [1.29, 1.82) is 0 Å². The summed E-state index contributed by atoms with van der Waals surface area (Å²) in [6.45, 7) is 0.526. The number of para-hydroxylation sites is 1. The highest BCUT2D eigenvalue weighted by Gasteiger charge is 2.12. The standard InChI is InChI=1S/C11H13N3O2/c15-7-3-6-12-11(16)10-8-4-1-2-5-9(8)13-14-10/h1-2,4-5,15H,3,6-7H2,(H,12,16)(H,13,14). The van der Waals surface area contributed by atoms with E-state index in [0.29, 0.717) is 18.7 Å². The van der Waals surface area contributed by atoms with Crippen LogP contribution >= 0.6 is 0 Å². The predicted molar refractivity (Wildman–Crippen MR) is 60.1 cm³/mol. The fraction of sp³-hybridized carbons (Fsp3) is 0.273. The Bertz CT molecular complexity index is 493. The summed E-state index contributed by atoms with van der Waals surface area (Å²) in [5.41, 5.74) is 1.24. The third-order valence-electron chi connectivity index (χ3n) is 2.31. The van der Waals surface area contributed by atoms with Crippen LogP contribution in [0.15, 0.2) is 24.3 Å². The third-order valence-corrected chi connectivity index (χ3v) is 2.31. The number of aromatic amines is 1. The number of rotatable bonds is 4. The van der Waals surface area contributed by atoms with E-state index in [1.807, 2.05) is 24.3 Å². The van der Waals surface area contributed by atoms with Crippen molar-refractivity contribution in [3.8, 4) is 0 Å². The van der Waals surface area contributed by atoms with Gasteiger partial charge in [0, 0.05) is 18.5 Å². The van der Waals surface area contributed by atoms with E-state index >= 15 is 0 Å². The maximum absolute atomic E-state index is 11.7. The maximum Gasteiger partial charge on any atom is 0.272 e. The van der Waals surface area contributed by atoms with E-state index in [1.54, 1.807) is 0 Å². The van der Waals surface area contributed by atoms with Crippen LogP contribution in [-0.2, 0) is 0 Å². The first-order chi connectivity index (χ1) is 7.83. The summed E-state index contributed by atoms with van der Waals surface area (Å²) >= 11 is 0. The average Bonchev–Trinajstić information content (AvgIpc) is 2.73. The van der Waals surface area contributed by atoms with Crippen LogP contribution in [0.4, 0.5) is 0 Å². The Morgan fingerprint density at radius 2 is 2.25 bits per heavy atom. The van der Waals surface area contributed by atoms with Crippen LogP contribution in [0.5, 0.6) is 0 Å². The molecule has 16 heavy (non-hydrogen) atoms. The number of aromatic nitrogens is 2. The lowest BCUT2D eigenvalue weighted by molar-refractivity contribution is 0.0948. The maximum atomic E-state index is 11.7. The molecule has 5 nitrogen and oxygen atoms in total. The van der Waals surface area contributed by atoms with Crippen LogP contribution < -0.4 is 5.32 Å². The number of carbonyl (C=O) groups is 1. The van der Waals surface area contributed by atoms with E-state index in [1.165, 1.54) is 0 Å². The van der Waals surface area contributed by atoms with Gasteiger partial charge in [-0.15, -0.1) is 0 Å². The summed E-state index contributed by atoms with van der Waals surface area (Å²) in [5.74, 6) is -0.217. The first kappa shape index (κ1) is 10.6. The van der Waals surface area contributed by atoms with Gasteiger partial charge in [-0.1, -0.05) is 18.2 Å². The first-order valence-corrected chi connectivity index (χ1v) is 5.15. The number of nitrogens with zero attached hydrogens (tertiary/aromatic N) is 1. The molecule has 84 valence electrons. The number of hydrogen-bond donors (Lipinski definition) is 3. The molecule has 1 amide bonds. The smallest absolute Gasteiger partial charge is 0.272 e. The molecule has 0 aliphatic carbocycles. The van der Waals surface area contributed by atoms with Gasteiger partial charge in [0.05, 0.1) is 5.52 Å². The second-order valence-electron chi connectivity index (χ2n) is 3.45. The predicted octanol–water partition coefficient (Wildman–Crippen LogP) is 0.675. The van der Waals surface area contributed by atoms with Crippen LogP contribution in [0.2, 0.25) is 0 Å². The third kappa shape index (κ3) is 2.04. The Hall–Kier alpha value is -1.88. The fourth-order valence-corrected chi connectivity index (χ4v) is 1.50. The van der Waals surface area contributed by atoms with Crippen molar-refractivity contribution in [3.05, 3.63) is 30.0 Å². The molecular weight excluding hydrogens is 206 g/mol. The molecule has 1 aromatic heterocycles. The molecule has 0 atom stereocenters. The van der Waals surface area contributed by atoms with E-state index in [-0.39, 0.29) is 12.5 Å². The van der Waals surface area contributed by atoms with Gasteiger partial charge in [0.2, 0.25) is 0 Å². The Morgan fingerprint density at radius 3 is 3.06 bits per heavy atom. The van der Waals surface area contributed by atoms with Crippen molar-refractivity contribution in [1.82, 2.24) is 15.5 Å². The van der Waals surface area contributed by atoms with Crippen LogP contribution in [0.25, 0.3) is 10.9 Å². The lowest BCUT2D eigenvalue weighted by Gasteiger charge is -2.00. The Kier molecular flexibility index (Phi) is 3.16. The average molecular weight is 219 g/mol. The number of amides is 1. The van der Waals surface area contributed by atoms with Crippen LogP contribution in [0, 0.1) is 0 Å². The van der Waals surface area contributed by atoms with Gasteiger partial charge < -0.3 is 10.4 Å². The Balaban J connectivity index is 2.17. The molecule has 0 saturated carbocycles. The number of fused-ring (bicyclic) bond motifs is 1. The summed E-state index contributed by atoms with van der Waals surface area (Å²) < 4.78 is 0. The fourth-order valence-electron chi connectivity index (χ4n) is 1.50. The highest BCUT2D eigenvalue weighted by Crippen LogP contribution is 2.14. The molecule has 0 aliphatic rings. The van der Waals surface area contributed by atoms with E-state index in [9.17, 15) is 4.79 Å². The summed E-state index contributed by atoms with van der Waals surface area (Å²) in [4.78, 5) is 11.7. The quantitative estimate of drug-likeness (QED) is 0.661. The van der Waals surface area contributed by atoms with Crippen LogP contribution in [-0.4, -0.2) is 34.4 Å². The number of aliphatic hydroxyl groups excluding tert-OH is 1. The molecule has 1 heterocycles. The molecule has 0 bridgehead atoms. The van der Waals surface area contributed by atoms with Gasteiger partial charge in [-0.05, 0) is 12.5 Å². The van der Waals surface area contributed by atoms with Gasteiger partial charge in [-0.2, -0.15) is 5.10 Å². The molecule has 2 rings (SSSR count). The van der Waals surface area contributed by atoms with Crippen molar-refractivity contribution < 1.29 is 9.90 Å². The number of carbonyl (C=O) groups excluding carboxylic acids is 1. The van der Waals surface area contributed by atoms with Gasteiger partial charge in [-0.3, -0.25) is 9.89 Å². The molecule has 0 fully saturated rings. The minimum atomic E-state index is -0.217. The van der Waals surface area contributed by atoms with Gasteiger partial charge >= 0.3 is 0 Å². The van der Waals surface area contributed by atoms with Crippen molar-refractivity contribution >= 4 is 16.8 Å². The number of aliphatic hydroxyl groups is 1. The molecule has 0 radical (unpaired) electrons. The summed E-state index contributed by atoms with van der Waals surface area (Å²) in [7, 11) is 0. The Labute approximate surface area is 92.5 Å². The topological polar surface area (TPSA) is 78.0 Å². The minimum absolute atomic E-state index is 0.0710. The molecule has 0 aliphatic heterocycles. The van der Waals surface area contributed by atoms with Crippen LogP contribution in [0.3, 0.4) is 0 Å². The molecular formula is C11H13N3O2. The zero-order valence-electron chi connectivity index (χ0n) is 8.73. The molecule has 2 aromatic rings. The Morgan fingerprint density at radius 1 is 1.44 bits per heavy atom. The van der Waals surface area contributed by atoms with E-state index in [4.69, 9.17) is 5.11 Å². The molecule has 3 N–H and O–H groups in total. The van der Waals surface area contributed by atoms with E-state index in [0.717, 1.165) is 10.9 Å². The van der Waals surface area contributed by atoms with Crippen molar-refractivity contribution in [2.75, 3.05) is 13.2 Å². The molecule has 5 heteroatoms. The number of hydrogen-bond acceptors (Lipinski definition) is 3. The molecule has 1 aromatic carbocycles. The van der Waals surface area contributed by atoms with Gasteiger partial charge in [-0.25, -0.2) is 0 Å². The second-order valence-corrected chi connectivity index (χ2v) is 3.45. The normalized spacial score (nSPS) is 10.6. The van der Waals surface area contributed by atoms with Gasteiger partial charge in [0.15, 0.2) is 5.69 Å². The highest BCUT2D eigenvalue weighted by atomic mass is 16.3. The van der Waals surface area contributed by atoms with E-state index in [2.05, 4.69) is 15.5 Å².